The second-order valence-corrected chi connectivity index (χ2v) is 11.0. The van der Waals surface area contributed by atoms with Crippen molar-refractivity contribution in [3.05, 3.63) is 119 Å². The van der Waals surface area contributed by atoms with E-state index in [1.807, 2.05) is 90.1 Å². The van der Waals surface area contributed by atoms with Crippen LogP contribution in [0.3, 0.4) is 0 Å². The van der Waals surface area contributed by atoms with Gasteiger partial charge in [0.2, 0.25) is 0 Å². The predicted molar refractivity (Wildman–Crippen MR) is 194 cm³/mol. The first-order valence-corrected chi connectivity index (χ1v) is 16.6. The molecule has 0 radical (unpaired) electrons. The first-order valence-electron chi connectivity index (χ1n) is 16.6. The SMILES string of the molecule is CC.CC.CC.COc1ccc(C(C)(C)c2ccc(OCC(O)COc3ccc(C(C)(C)c4ccc(OC)cc4)cc3)cc2)cc1. The minimum Gasteiger partial charge on any atom is -0.497 e. The van der Waals surface area contributed by atoms with Crippen LogP contribution in [0.15, 0.2) is 97.1 Å². The Morgan fingerprint density at radius 3 is 0.870 bits per heavy atom. The molecule has 0 fully saturated rings. The number of ether oxygens (including phenoxy) is 4. The number of rotatable bonds is 12. The van der Waals surface area contributed by atoms with Crippen LogP contribution in [0.1, 0.15) is 91.5 Å². The van der Waals surface area contributed by atoms with Gasteiger partial charge in [0.25, 0.3) is 0 Å². The van der Waals surface area contributed by atoms with Gasteiger partial charge in [-0.3, -0.25) is 0 Å². The van der Waals surface area contributed by atoms with Crippen molar-refractivity contribution in [2.45, 2.75) is 86.2 Å². The van der Waals surface area contributed by atoms with E-state index in [1.165, 1.54) is 22.3 Å². The zero-order chi connectivity index (χ0) is 34.8. The third-order valence-electron chi connectivity index (χ3n) is 7.66. The summed E-state index contributed by atoms with van der Waals surface area (Å²) in [4.78, 5) is 0. The molecule has 0 bridgehead atoms. The summed E-state index contributed by atoms with van der Waals surface area (Å²) >= 11 is 0. The molecule has 0 aliphatic heterocycles. The molecule has 0 unspecified atom stereocenters. The Kier molecular flexibility index (Phi) is 17.6. The second-order valence-electron chi connectivity index (χ2n) is 11.0. The molecule has 4 aromatic carbocycles. The van der Waals surface area contributed by atoms with E-state index < -0.39 is 6.10 Å². The lowest BCUT2D eigenvalue weighted by Crippen LogP contribution is -2.25. The number of methoxy groups -OCH3 is 2. The first-order chi connectivity index (χ1) is 22.1. The third kappa shape index (κ3) is 11.1. The highest BCUT2D eigenvalue weighted by atomic mass is 16.5. The van der Waals surface area contributed by atoms with Crippen LogP contribution in [0.5, 0.6) is 23.0 Å². The number of hydrogen-bond acceptors (Lipinski definition) is 5. The van der Waals surface area contributed by atoms with E-state index in [0.717, 1.165) is 11.5 Å². The molecular formula is C41H58O5. The van der Waals surface area contributed by atoms with Crippen LogP contribution >= 0.6 is 0 Å². The van der Waals surface area contributed by atoms with Crippen molar-refractivity contribution in [1.29, 1.82) is 0 Å². The molecule has 4 aromatic rings. The Morgan fingerprint density at radius 2 is 0.652 bits per heavy atom. The highest BCUT2D eigenvalue weighted by Crippen LogP contribution is 2.34. The summed E-state index contributed by atoms with van der Waals surface area (Å²) < 4.78 is 22.2. The quantitative estimate of drug-likeness (QED) is 0.169. The van der Waals surface area contributed by atoms with Gasteiger partial charge in [0.05, 0.1) is 14.2 Å². The van der Waals surface area contributed by atoms with Gasteiger partial charge in [0, 0.05) is 10.8 Å². The molecule has 0 saturated carbocycles. The summed E-state index contributed by atoms with van der Waals surface area (Å²) in [5, 5.41) is 10.5. The molecule has 0 atom stereocenters. The van der Waals surface area contributed by atoms with Crippen molar-refractivity contribution in [2.75, 3.05) is 27.4 Å². The van der Waals surface area contributed by atoms with Crippen LogP contribution in [0.25, 0.3) is 0 Å². The molecular weight excluding hydrogens is 572 g/mol. The molecule has 0 saturated heterocycles. The third-order valence-corrected chi connectivity index (χ3v) is 7.66. The lowest BCUT2D eigenvalue weighted by molar-refractivity contribution is 0.0626. The average Bonchev–Trinajstić information content (AvgIpc) is 3.12. The van der Waals surface area contributed by atoms with Crippen LogP contribution in [-0.4, -0.2) is 38.6 Å². The van der Waals surface area contributed by atoms with E-state index in [-0.39, 0.29) is 24.0 Å². The van der Waals surface area contributed by atoms with Gasteiger partial charge in [-0.05, 0) is 70.8 Å². The van der Waals surface area contributed by atoms with Gasteiger partial charge in [-0.25, -0.2) is 0 Å². The molecule has 0 aromatic heterocycles. The van der Waals surface area contributed by atoms with Crippen molar-refractivity contribution in [2.24, 2.45) is 0 Å². The standard InChI is InChI=1S/C35H40O5.3C2H6/c1-34(2,25-7-15-30(37-5)16-8-25)27-11-19-32(20-12-27)39-23-29(36)24-40-33-21-13-28(14-22-33)35(3,4)26-9-17-31(38-6)18-10-26;3*1-2/h7-22,29,36H,23-24H2,1-6H3;3*1-2H3. The molecule has 5 heteroatoms. The molecule has 4 rings (SSSR count). The molecule has 46 heavy (non-hydrogen) atoms. The lowest BCUT2D eigenvalue weighted by atomic mass is 9.78. The lowest BCUT2D eigenvalue weighted by Gasteiger charge is -2.26. The van der Waals surface area contributed by atoms with Crippen LogP contribution in [0, 0.1) is 0 Å². The van der Waals surface area contributed by atoms with Gasteiger partial charge in [0.1, 0.15) is 42.3 Å². The van der Waals surface area contributed by atoms with Gasteiger partial charge >= 0.3 is 0 Å². The predicted octanol–water partition coefficient (Wildman–Crippen LogP) is 10.3. The van der Waals surface area contributed by atoms with Crippen LogP contribution < -0.4 is 18.9 Å². The van der Waals surface area contributed by atoms with Crippen molar-refractivity contribution in [1.82, 2.24) is 0 Å². The van der Waals surface area contributed by atoms with Gasteiger partial charge in [-0.1, -0.05) is 118 Å². The molecule has 0 aliphatic rings. The first kappa shape index (κ1) is 40.1. The minimum atomic E-state index is -0.758. The topological polar surface area (TPSA) is 57.2 Å². The van der Waals surface area contributed by atoms with Crippen molar-refractivity contribution < 1.29 is 24.1 Å². The van der Waals surface area contributed by atoms with Crippen molar-refractivity contribution >= 4 is 0 Å². The summed E-state index contributed by atoms with van der Waals surface area (Å²) in [7, 11) is 3.34. The van der Waals surface area contributed by atoms with E-state index in [2.05, 4.69) is 76.2 Å². The van der Waals surface area contributed by atoms with Crippen LogP contribution in [-0.2, 0) is 10.8 Å². The van der Waals surface area contributed by atoms with E-state index in [9.17, 15) is 5.11 Å². The summed E-state index contributed by atoms with van der Waals surface area (Å²) in [5.74, 6) is 3.10. The van der Waals surface area contributed by atoms with Gasteiger partial charge < -0.3 is 24.1 Å². The van der Waals surface area contributed by atoms with E-state index in [4.69, 9.17) is 18.9 Å². The van der Waals surface area contributed by atoms with Crippen LogP contribution in [0.4, 0.5) is 0 Å². The summed E-state index contributed by atoms with van der Waals surface area (Å²) in [5.41, 5.74) is 4.41. The zero-order valence-electron chi connectivity index (χ0n) is 30.3. The Labute approximate surface area is 279 Å². The van der Waals surface area contributed by atoms with Crippen molar-refractivity contribution in [3.63, 3.8) is 0 Å². The summed E-state index contributed by atoms with van der Waals surface area (Å²) in [6.45, 7) is 21.1. The Hall–Kier alpha value is -3.96. The Balaban J connectivity index is 0.00000166. The number of aliphatic hydroxyl groups excluding tert-OH is 1. The molecule has 0 amide bonds. The monoisotopic (exact) mass is 630 g/mol. The largest absolute Gasteiger partial charge is 0.497 e. The molecule has 1 N–H and O–H groups in total. The van der Waals surface area contributed by atoms with E-state index >= 15 is 0 Å². The fourth-order valence-corrected chi connectivity index (χ4v) is 4.72. The van der Waals surface area contributed by atoms with Gasteiger partial charge in [0.15, 0.2) is 0 Å². The number of benzene rings is 4. The maximum absolute atomic E-state index is 10.5. The smallest absolute Gasteiger partial charge is 0.122 e. The highest BCUT2D eigenvalue weighted by Gasteiger charge is 2.24. The second kappa shape index (κ2) is 20.2. The minimum absolute atomic E-state index is 0.143. The van der Waals surface area contributed by atoms with Crippen LogP contribution in [0.2, 0.25) is 0 Å². The van der Waals surface area contributed by atoms with E-state index in [0.29, 0.717) is 11.5 Å². The van der Waals surface area contributed by atoms with E-state index in [1.54, 1.807) is 14.2 Å². The van der Waals surface area contributed by atoms with Crippen molar-refractivity contribution in [3.8, 4) is 23.0 Å². The maximum atomic E-state index is 10.5. The Morgan fingerprint density at radius 1 is 0.435 bits per heavy atom. The van der Waals surface area contributed by atoms with Gasteiger partial charge in [-0.2, -0.15) is 0 Å². The highest BCUT2D eigenvalue weighted by molar-refractivity contribution is 5.43. The zero-order valence-corrected chi connectivity index (χ0v) is 30.3. The molecule has 5 nitrogen and oxygen atoms in total. The molecule has 0 aliphatic carbocycles. The fourth-order valence-electron chi connectivity index (χ4n) is 4.72. The number of hydrogen-bond donors (Lipinski definition) is 1. The summed E-state index contributed by atoms with van der Waals surface area (Å²) in [6.07, 6.45) is -0.758. The molecule has 252 valence electrons. The Bertz CT molecular complexity index is 1230. The molecule has 0 spiro atoms. The normalized spacial score (nSPS) is 10.7. The fraction of sp³-hybridized carbons (Fsp3) is 0.415. The molecule has 0 heterocycles. The maximum Gasteiger partial charge on any atom is 0.122 e. The average molecular weight is 631 g/mol. The summed E-state index contributed by atoms with van der Waals surface area (Å²) in [6, 6.07) is 32.3. The van der Waals surface area contributed by atoms with Gasteiger partial charge in [-0.15, -0.1) is 0 Å². The number of aliphatic hydroxyl groups is 1.